The lowest BCUT2D eigenvalue weighted by Crippen LogP contribution is -2.13. The van der Waals surface area contributed by atoms with Crippen LogP contribution in [0.1, 0.15) is 17.1 Å². The number of nitrogens with zero attached hydrogens (tertiary/aromatic N) is 2. The highest BCUT2D eigenvalue weighted by Crippen LogP contribution is 1.99. The summed E-state index contributed by atoms with van der Waals surface area (Å²) >= 11 is 0. The van der Waals surface area contributed by atoms with Crippen molar-refractivity contribution in [2.24, 2.45) is 0 Å². The summed E-state index contributed by atoms with van der Waals surface area (Å²) in [5.41, 5.74) is 2.07. The van der Waals surface area contributed by atoms with E-state index in [-0.39, 0.29) is 0 Å². The molecule has 2 aromatic heterocycles. The average Bonchev–Trinajstić information content (AvgIpc) is 2.71. The molecule has 0 spiro atoms. The Morgan fingerprint density at radius 1 is 1.33 bits per heavy atom. The van der Waals surface area contributed by atoms with Crippen LogP contribution in [0.15, 0.2) is 35.2 Å². The molecule has 0 bridgehead atoms. The van der Waals surface area contributed by atoms with E-state index >= 15 is 0 Å². The van der Waals surface area contributed by atoms with Crippen molar-refractivity contribution in [2.45, 2.75) is 20.0 Å². The van der Waals surface area contributed by atoms with Gasteiger partial charge < -0.3 is 9.73 Å². The van der Waals surface area contributed by atoms with Crippen molar-refractivity contribution in [1.29, 1.82) is 0 Å². The van der Waals surface area contributed by atoms with Gasteiger partial charge in [-0.1, -0.05) is 6.07 Å². The van der Waals surface area contributed by atoms with Crippen LogP contribution in [0.2, 0.25) is 0 Å². The third kappa shape index (κ3) is 2.89. The van der Waals surface area contributed by atoms with Gasteiger partial charge in [-0.25, -0.2) is 4.98 Å². The molecular weight excluding hydrogens is 190 g/mol. The van der Waals surface area contributed by atoms with Gasteiger partial charge in [0, 0.05) is 12.2 Å². The summed E-state index contributed by atoms with van der Waals surface area (Å²) in [7, 11) is 0. The van der Waals surface area contributed by atoms with Gasteiger partial charge in [0.15, 0.2) is 6.39 Å². The summed E-state index contributed by atoms with van der Waals surface area (Å²) in [4.78, 5) is 8.22. The first-order valence-corrected chi connectivity index (χ1v) is 4.85. The van der Waals surface area contributed by atoms with E-state index in [1.54, 1.807) is 6.20 Å². The molecule has 2 aromatic rings. The van der Waals surface area contributed by atoms with Crippen LogP contribution < -0.4 is 5.32 Å². The molecule has 2 heterocycles. The fourth-order valence-corrected chi connectivity index (χ4v) is 1.34. The van der Waals surface area contributed by atoms with E-state index in [9.17, 15) is 0 Å². The number of pyridine rings is 1. The fourth-order valence-electron chi connectivity index (χ4n) is 1.34. The lowest BCUT2D eigenvalue weighted by molar-refractivity contribution is 0.478. The molecule has 4 nitrogen and oxygen atoms in total. The number of aryl methyl sites for hydroxylation is 1. The minimum Gasteiger partial charge on any atom is -0.447 e. The summed E-state index contributed by atoms with van der Waals surface area (Å²) in [6.45, 7) is 3.40. The Labute approximate surface area is 88.4 Å². The second kappa shape index (κ2) is 4.70. The van der Waals surface area contributed by atoms with E-state index in [0.29, 0.717) is 6.54 Å². The molecule has 1 N–H and O–H groups in total. The van der Waals surface area contributed by atoms with Crippen molar-refractivity contribution in [1.82, 2.24) is 15.3 Å². The number of nitrogens with one attached hydrogen (secondary N) is 1. The molecule has 15 heavy (non-hydrogen) atoms. The van der Waals surface area contributed by atoms with Gasteiger partial charge in [-0.15, -0.1) is 0 Å². The van der Waals surface area contributed by atoms with Crippen LogP contribution in [0.3, 0.4) is 0 Å². The first kappa shape index (κ1) is 9.86. The number of hydrogen-bond acceptors (Lipinski definition) is 4. The monoisotopic (exact) mass is 203 g/mol. The zero-order valence-electron chi connectivity index (χ0n) is 8.60. The first-order valence-electron chi connectivity index (χ1n) is 4.85. The molecule has 0 amide bonds. The van der Waals surface area contributed by atoms with Crippen molar-refractivity contribution >= 4 is 0 Å². The maximum atomic E-state index is 5.10. The van der Waals surface area contributed by atoms with Crippen LogP contribution in [-0.4, -0.2) is 9.97 Å². The molecule has 0 atom stereocenters. The Bertz CT molecular complexity index is 412. The molecular formula is C11H13N3O. The number of rotatable bonds is 4. The topological polar surface area (TPSA) is 51.0 Å². The van der Waals surface area contributed by atoms with Crippen molar-refractivity contribution in [3.63, 3.8) is 0 Å². The van der Waals surface area contributed by atoms with Crippen LogP contribution in [0.25, 0.3) is 0 Å². The Hall–Kier alpha value is -1.68. The van der Waals surface area contributed by atoms with Crippen LogP contribution in [0.5, 0.6) is 0 Å². The highest BCUT2D eigenvalue weighted by molar-refractivity contribution is 5.09. The largest absolute Gasteiger partial charge is 0.447 e. The third-order valence-corrected chi connectivity index (χ3v) is 2.03. The highest BCUT2D eigenvalue weighted by atomic mass is 16.3. The zero-order chi connectivity index (χ0) is 10.5. The molecule has 0 aromatic carbocycles. The van der Waals surface area contributed by atoms with Crippen LogP contribution >= 0.6 is 0 Å². The van der Waals surface area contributed by atoms with Gasteiger partial charge in [0.1, 0.15) is 5.76 Å². The van der Waals surface area contributed by atoms with Gasteiger partial charge >= 0.3 is 0 Å². The zero-order valence-corrected chi connectivity index (χ0v) is 8.60. The smallest absolute Gasteiger partial charge is 0.180 e. The molecule has 4 heteroatoms. The van der Waals surface area contributed by atoms with Gasteiger partial charge in [0.2, 0.25) is 0 Å². The summed E-state index contributed by atoms with van der Waals surface area (Å²) in [6.07, 6.45) is 3.14. The molecule has 78 valence electrons. The molecule has 0 saturated heterocycles. The van der Waals surface area contributed by atoms with Gasteiger partial charge in [-0.3, -0.25) is 4.98 Å². The summed E-state index contributed by atoms with van der Waals surface area (Å²) in [5.74, 6) is 0.836. The van der Waals surface area contributed by atoms with E-state index < -0.39 is 0 Å². The third-order valence-electron chi connectivity index (χ3n) is 2.03. The van der Waals surface area contributed by atoms with E-state index in [2.05, 4.69) is 15.3 Å². The van der Waals surface area contributed by atoms with Crippen molar-refractivity contribution in [2.75, 3.05) is 0 Å². The van der Waals surface area contributed by atoms with Gasteiger partial charge in [0.05, 0.1) is 18.4 Å². The molecule has 0 unspecified atom stereocenters. The van der Waals surface area contributed by atoms with Crippen LogP contribution in [-0.2, 0) is 13.1 Å². The molecule has 0 aliphatic heterocycles. The van der Waals surface area contributed by atoms with Gasteiger partial charge in [0.25, 0.3) is 0 Å². The minimum absolute atomic E-state index is 0.676. The molecule has 0 radical (unpaired) electrons. The number of oxazole rings is 1. The second-order valence-electron chi connectivity index (χ2n) is 3.34. The Balaban J connectivity index is 1.83. The summed E-state index contributed by atoms with van der Waals surface area (Å²) < 4.78 is 5.10. The van der Waals surface area contributed by atoms with E-state index in [4.69, 9.17) is 4.42 Å². The quantitative estimate of drug-likeness (QED) is 0.821. The summed E-state index contributed by atoms with van der Waals surface area (Å²) in [6, 6.07) is 5.99. The minimum atomic E-state index is 0.676. The number of aromatic nitrogens is 2. The molecule has 0 fully saturated rings. The maximum Gasteiger partial charge on any atom is 0.180 e. The van der Waals surface area contributed by atoms with Gasteiger partial charge in [-0.05, 0) is 19.1 Å². The highest BCUT2D eigenvalue weighted by Gasteiger charge is 1.97. The Morgan fingerprint density at radius 2 is 2.27 bits per heavy atom. The normalized spacial score (nSPS) is 10.5. The second-order valence-corrected chi connectivity index (χ2v) is 3.34. The van der Waals surface area contributed by atoms with Crippen molar-refractivity contribution in [3.05, 3.63) is 47.9 Å². The fraction of sp³-hybridized carbons (Fsp3) is 0.273. The van der Waals surface area contributed by atoms with Crippen LogP contribution in [0.4, 0.5) is 0 Å². The predicted octanol–water partition coefficient (Wildman–Crippen LogP) is 1.67. The summed E-state index contributed by atoms with van der Waals surface area (Å²) in [5, 5.41) is 3.24. The maximum absolute atomic E-state index is 5.10. The van der Waals surface area contributed by atoms with Crippen molar-refractivity contribution in [3.8, 4) is 0 Å². The van der Waals surface area contributed by atoms with Crippen LogP contribution in [0, 0.1) is 6.92 Å². The Kier molecular flexibility index (Phi) is 3.09. The molecule has 0 aliphatic carbocycles. The first-order chi connectivity index (χ1) is 7.34. The van der Waals surface area contributed by atoms with E-state index in [1.165, 1.54) is 6.39 Å². The molecule has 0 aliphatic rings. The van der Waals surface area contributed by atoms with E-state index in [0.717, 1.165) is 23.7 Å². The number of hydrogen-bond donors (Lipinski definition) is 1. The Morgan fingerprint density at radius 3 is 3.00 bits per heavy atom. The molecule has 0 saturated carbocycles. The van der Waals surface area contributed by atoms with Crippen molar-refractivity contribution < 1.29 is 4.42 Å². The lowest BCUT2D eigenvalue weighted by atomic mass is 10.3. The standard InChI is InChI=1S/C11H13N3O/c1-9-3-2-4-10(14-9)5-12-6-11-7-13-8-15-11/h2-4,7-8,12H,5-6H2,1H3. The average molecular weight is 203 g/mol. The van der Waals surface area contributed by atoms with Gasteiger partial charge in [-0.2, -0.15) is 0 Å². The molecule has 2 rings (SSSR count). The van der Waals surface area contributed by atoms with E-state index in [1.807, 2.05) is 25.1 Å². The SMILES string of the molecule is Cc1cccc(CNCc2cnco2)n1. The lowest BCUT2D eigenvalue weighted by Gasteiger charge is -2.02. The predicted molar refractivity (Wildman–Crippen MR) is 56.0 cm³/mol.